The molecule has 100 valence electrons. The van der Waals surface area contributed by atoms with Crippen LogP contribution in [0, 0.1) is 6.92 Å². The Labute approximate surface area is 108 Å². The Kier molecular flexibility index (Phi) is 5.16. The SMILES string of the molecule is CCC(N)C(CC(=O)O)c1ccc(OC)c(C)c1. The van der Waals surface area contributed by atoms with Crippen LogP contribution in [0.2, 0.25) is 0 Å². The van der Waals surface area contributed by atoms with Gasteiger partial charge in [0, 0.05) is 12.0 Å². The van der Waals surface area contributed by atoms with Crippen LogP contribution in [0.1, 0.15) is 36.8 Å². The van der Waals surface area contributed by atoms with Crippen molar-refractivity contribution in [1.82, 2.24) is 0 Å². The summed E-state index contributed by atoms with van der Waals surface area (Å²) in [6.45, 7) is 3.91. The van der Waals surface area contributed by atoms with Crippen LogP contribution in [0.3, 0.4) is 0 Å². The standard InChI is InChI=1S/C14H21NO3/c1-4-12(15)11(8-14(16)17)10-5-6-13(18-3)9(2)7-10/h5-7,11-12H,4,8,15H2,1-3H3,(H,16,17). The second-order valence-corrected chi connectivity index (χ2v) is 4.51. The third-order valence-corrected chi connectivity index (χ3v) is 3.23. The van der Waals surface area contributed by atoms with Crippen LogP contribution in [-0.4, -0.2) is 24.2 Å². The lowest BCUT2D eigenvalue weighted by atomic mass is 9.87. The van der Waals surface area contributed by atoms with Gasteiger partial charge in [-0.05, 0) is 30.5 Å². The number of ether oxygens (including phenoxy) is 1. The predicted molar refractivity (Wildman–Crippen MR) is 71.0 cm³/mol. The molecule has 0 heterocycles. The molecule has 0 aliphatic rings. The molecule has 1 aromatic rings. The smallest absolute Gasteiger partial charge is 0.304 e. The maximum atomic E-state index is 10.9. The predicted octanol–water partition coefficient (Wildman–Crippen LogP) is 2.30. The molecule has 3 N–H and O–H groups in total. The lowest BCUT2D eigenvalue weighted by molar-refractivity contribution is -0.137. The molecule has 4 heteroatoms. The second kappa shape index (κ2) is 6.40. The number of aliphatic carboxylic acids is 1. The highest BCUT2D eigenvalue weighted by molar-refractivity contribution is 5.68. The third kappa shape index (κ3) is 3.47. The molecule has 0 radical (unpaired) electrons. The van der Waals surface area contributed by atoms with Crippen molar-refractivity contribution in [2.75, 3.05) is 7.11 Å². The molecule has 1 aromatic carbocycles. The van der Waals surface area contributed by atoms with Gasteiger partial charge in [-0.2, -0.15) is 0 Å². The van der Waals surface area contributed by atoms with Crippen molar-refractivity contribution in [3.63, 3.8) is 0 Å². The normalized spacial score (nSPS) is 14.0. The van der Waals surface area contributed by atoms with Crippen LogP contribution < -0.4 is 10.5 Å². The number of rotatable bonds is 6. The molecule has 0 amide bonds. The van der Waals surface area contributed by atoms with E-state index in [-0.39, 0.29) is 18.4 Å². The monoisotopic (exact) mass is 251 g/mol. The van der Waals surface area contributed by atoms with E-state index in [9.17, 15) is 4.79 Å². The maximum Gasteiger partial charge on any atom is 0.304 e. The van der Waals surface area contributed by atoms with Crippen molar-refractivity contribution >= 4 is 5.97 Å². The van der Waals surface area contributed by atoms with Crippen molar-refractivity contribution in [2.24, 2.45) is 5.73 Å². The Bertz CT molecular complexity index is 418. The summed E-state index contributed by atoms with van der Waals surface area (Å²) in [5.41, 5.74) is 7.98. The molecule has 0 fully saturated rings. The van der Waals surface area contributed by atoms with E-state index in [0.29, 0.717) is 0 Å². The number of carboxylic acids is 1. The molecule has 0 aromatic heterocycles. The summed E-state index contributed by atoms with van der Waals surface area (Å²) in [6.07, 6.45) is 0.809. The molecular formula is C14H21NO3. The molecule has 0 aliphatic heterocycles. The Morgan fingerprint density at radius 3 is 2.61 bits per heavy atom. The van der Waals surface area contributed by atoms with Gasteiger partial charge in [0.15, 0.2) is 0 Å². The largest absolute Gasteiger partial charge is 0.496 e. The summed E-state index contributed by atoms with van der Waals surface area (Å²) in [5.74, 6) is -0.174. The van der Waals surface area contributed by atoms with E-state index < -0.39 is 5.97 Å². The minimum Gasteiger partial charge on any atom is -0.496 e. The van der Waals surface area contributed by atoms with E-state index in [1.54, 1.807) is 7.11 Å². The first-order valence-electron chi connectivity index (χ1n) is 6.11. The molecule has 0 spiro atoms. The number of hydrogen-bond donors (Lipinski definition) is 2. The summed E-state index contributed by atoms with van der Waals surface area (Å²) < 4.78 is 5.20. The first-order chi connectivity index (χ1) is 8.49. The van der Waals surface area contributed by atoms with Gasteiger partial charge in [-0.15, -0.1) is 0 Å². The molecular weight excluding hydrogens is 230 g/mol. The molecule has 4 nitrogen and oxygen atoms in total. The third-order valence-electron chi connectivity index (χ3n) is 3.23. The van der Waals surface area contributed by atoms with Crippen LogP contribution in [0.5, 0.6) is 5.75 Å². The molecule has 0 saturated carbocycles. The van der Waals surface area contributed by atoms with E-state index in [2.05, 4.69) is 0 Å². The van der Waals surface area contributed by atoms with Gasteiger partial charge in [-0.25, -0.2) is 0 Å². The van der Waals surface area contributed by atoms with Gasteiger partial charge in [0.05, 0.1) is 13.5 Å². The van der Waals surface area contributed by atoms with Gasteiger partial charge in [0.1, 0.15) is 5.75 Å². The van der Waals surface area contributed by atoms with Gasteiger partial charge >= 0.3 is 5.97 Å². The first-order valence-corrected chi connectivity index (χ1v) is 6.11. The number of benzene rings is 1. The number of nitrogens with two attached hydrogens (primary N) is 1. The Morgan fingerprint density at radius 2 is 2.17 bits per heavy atom. The quantitative estimate of drug-likeness (QED) is 0.813. The van der Waals surface area contributed by atoms with Crippen molar-refractivity contribution in [3.8, 4) is 5.75 Å². The first kappa shape index (κ1) is 14.5. The van der Waals surface area contributed by atoms with Gasteiger partial charge in [-0.3, -0.25) is 4.79 Å². The van der Waals surface area contributed by atoms with Crippen LogP contribution >= 0.6 is 0 Å². The van der Waals surface area contributed by atoms with E-state index in [1.165, 1.54) is 0 Å². The highest BCUT2D eigenvalue weighted by atomic mass is 16.5. The fraction of sp³-hybridized carbons (Fsp3) is 0.500. The highest BCUT2D eigenvalue weighted by Gasteiger charge is 2.22. The van der Waals surface area contributed by atoms with Gasteiger partial charge < -0.3 is 15.6 Å². The fourth-order valence-electron chi connectivity index (χ4n) is 2.12. The molecule has 2 unspecified atom stereocenters. The van der Waals surface area contributed by atoms with Crippen molar-refractivity contribution in [2.45, 2.75) is 38.6 Å². The number of hydrogen-bond acceptors (Lipinski definition) is 3. The van der Waals surface area contributed by atoms with Gasteiger partial charge in [0.25, 0.3) is 0 Å². The van der Waals surface area contributed by atoms with Crippen LogP contribution in [0.25, 0.3) is 0 Å². The minimum absolute atomic E-state index is 0.0563. The van der Waals surface area contributed by atoms with Crippen LogP contribution in [0.4, 0.5) is 0 Å². The Morgan fingerprint density at radius 1 is 1.50 bits per heavy atom. The zero-order valence-electron chi connectivity index (χ0n) is 11.1. The Balaban J connectivity index is 3.04. The Hall–Kier alpha value is -1.55. The average molecular weight is 251 g/mol. The van der Waals surface area contributed by atoms with Gasteiger partial charge in [-0.1, -0.05) is 19.1 Å². The molecule has 1 rings (SSSR count). The van der Waals surface area contributed by atoms with Crippen molar-refractivity contribution in [1.29, 1.82) is 0 Å². The summed E-state index contributed by atoms with van der Waals surface area (Å²) >= 11 is 0. The number of methoxy groups -OCH3 is 1. The van der Waals surface area contributed by atoms with Crippen molar-refractivity contribution in [3.05, 3.63) is 29.3 Å². The fourth-order valence-corrected chi connectivity index (χ4v) is 2.12. The van der Waals surface area contributed by atoms with E-state index in [0.717, 1.165) is 23.3 Å². The highest BCUT2D eigenvalue weighted by Crippen LogP contribution is 2.28. The molecule has 2 atom stereocenters. The van der Waals surface area contributed by atoms with E-state index in [4.69, 9.17) is 15.6 Å². The molecule has 0 bridgehead atoms. The van der Waals surface area contributed by atoms with Crippen molar-refractivity contribution < 1.29 is 14.6 Å². The summed E-state index contributed by atoms with van der Waals surface area (Å²) in [6, 6.07) is 5.58. The topological polar surface area (TPSA) is 72.6 Å². The van der Waals surface area contributed by atoms with Gasteiger partial charge in [0.2, 0.25) is 0 Å². The summed E-state index contributed by atoms with van der Waals surface area (Å²) in [5, 5.41) is 8.98. The number of carboxylic acid groups (broad SMARTS) is 1. The lowest BCUT2D eigenvalue weighted by Crippen LogP contribution is -2.29. The zero-order valence-corrected chi connectivity index (χ0v) is 11.1. The van der Waals surface area contributed by atoms with E-state index in [1.807, 2.05) is 32.0 Å². The summed E-state index contributed by atoms with van der Waals surface area (Å²) in [7, 11) is 1.62. The van der Waals surface area contributed by atoms with Crippen LogP contribution in [-0.2, 0) is 4.79 Å². The molecule has 0 aliphatic carbocycles. The number of aryl methyl sites for hydroxylation is 1. The van der Waals surface area contributed by atoms with Crippen LogP contribution in [0.15, 0.2) is 18.2 Å². The molecule has 18 heavy (non-hydrogen) atoms. The average Bonchev–Trinajstić information content (AvgIpc) is 2.34. The zero-order chi connectivity index (χ0) is 13.7. The molecule has 0 saturated heterocycles. The minimum atomic E-state index is -0.822. The second-order valence-electron chi connectivity index (χ2n) is 4.51. The maximum absolute atomic E-state index is 10.9. The number of carbonyl (C=O) groups is 1. The van der Waals surface area contributed by atoms with E-state index >= 15 is 0 Å². The summed E-state index contributed by atoms with van der Waals surface area (Å²) in [4.78, 5) is 10.9. The lowest BCUT2D eigenvalue weighted by Gasteiger charge is -2.22.